The minimum Gasteiger partial charge on any atom is -0.394 e. The molecule has 0 radical (unpaired) electrons. The fourth-order valence-corrected chi connectivity index (χ4v) is 3.08. The lowest BCUT2D eigenvalue weighted by molar-refractivity contribution is -0.137. The van der Waals surface area contributed by atoms with Crippen LogP contribution in [0.1, 0.15) is 51.4 Å². The van der Waals surface area contributed by atoms with E-state index in [2.05, 4.69) is 0 Å². The molecule has 92 valence electrons. The number of amides is 1. The number of hydrogen-bond donors (Lipinski definition) is 1. The lowest BCUT2D eigenvalue weighted by atomic mass is 9.98. The monoisotopic (exact) mass is 225 g/mol. The van der Waals surface area contributed by atoms with Crippen LogP contribution in [0.4, 0.5) is 0 Å². The van der Waals surface area contributed by atoms with Crippen molar-refractivity contribution in [3.05, 3.63) is 0 Å². The molecule has 1 heterocycles. The van der Waals surface area contributed by atoms with Gasteiger partial charge >= 0.3 is 0 Å². The average molecular weight is 225 g/mol. The van der Waals surface area contributed by atoms with Crippen LogP contribution in [0, 0.1) is 5.92 Å². The van der Waals surface area contributed by atoms with Crippen LogP contribution in [0.15, 0.2) is 0 Å². The van der Waals surface area contributed by atoms with Gasteiger partial charge in [-0.25, -0.2) is 0 Å². The van der Waals surface area contributed by atoms with Crippen molar-refractivity contribution in [2.75, 3.05) is 13.2 Å². The Morgan fingerprint density at radius 1 is 1.06 bits per heavy atom. The van der Waals surface area contributed by atoms with Gasteiger partial charge in [-0.3, -0.25) is 4.79 Å². The summed E-state index contributed by atoms with van der Waals surface area (Å²) in [4.78, 5) is 14.3. The molecule has 1 saturated carbocycles. The highest BCUT2D eigenvalue weighted by molar-refractivity contribution is 5.79. The molecule has 0 unspecified atom stereocenters. The summed E-state index contributed by atoms with van der Waals surface area (Å²) in [5, 5.41) is 9.25. The molecule has 1 atom stereocenters. The molecule has 2 fully saturated rings. The van der Waals surface area contributed by atoms with E-state index in [1.54, 1.807) is 0 Å². The van der Waals surface area contributed by atoms with Gasteiger partial charge in [0.15, 0.2) is 0 Å². The van der Waals surface area contributed by atoms with Gasteiger partial charge in [0.2, 0.25) is 5.91 Å². The SMILES string of the molecule is O=C(C1CCCCCC1)N1CCC[C@H]1CO. The predicted octanol–water partition coefficient (Wildman–Crippen LogP) is 1.94. The lowest BCUT2D eigenvalue weighted by Gasteiger charge is -2.27. The zero-order valence-corrected chi connectivity index (χ0v) is 10.0. The lowest BCUT2D eigenvalue weighted by Crippen LogP contribution is -2.41. The third kappa shape index (κ3) is 2.57. The normalized spacial score (nSPS) is 28.1. The van der Waals surface area contributed by atoms with E-state index in [0.717, 1.165) is 32.2 Å². The van der Waals surface area contributed by atoms with Crippen LogP contribution in [0.5, 0.6) is 0 Å². The largest absolute Gasteiger partial charge is 0.394 e. The summed E-state index contributed by atoms with van der Waals surface area (Å²) < 4.78 is 0. The number of aliphatic hydroxyl groups excluding tert-OH is 1. The fraction of sp³-hybridized carbons (Fsp3) is 0.923. The van der Waals surface area contributed by atoms with E-state index in [1.165, 1.54) is 25.7 Å². The minimum atomic E-state index is 0.107. The van der Waals surface area contributed by atoms with Crippen molar-refractivity contribution in [2.45, 2.75) is 57.4 Å². The van der Waals surface area contributed by atoms with Gasteiger partial charge < -0.3 is 10.0 Å². The van der Waals surface area contributed by atoms with E-state index in [0.29, 0.717) is 5.91 Å². The number of carbonyl (C=O) groups is 1. The smallest absolute Gasteiger partial charge is 0.226 e. The van der Waals surface area contributed by atoms with Crippen LogP contribution >= 0.6 is 0 Å². The molecular weight excluding hydrogens is 202 g/mol. The molecule has 3 nitrogen and oxygen atoms in total. The highest BCUT2D eigenvalue weighted by atomic mass is 16.3. The van der Waals surface area contributed by atoms with Crippen molar-refractivity contribution in [3.63, 3.8) is 0 Å². The number of likely N-dealkylation sites (tertiary alicyclic amines) is 1. The van der Waals surface area contributed by atoms with E-state index in [-0.39, 0.29) is 18.6 Å². The maximum Gasteiger partial charge on any atom is 0.226 e. The second-order valence-electron chi connectivity index (χ2n) is 5.20. The molecule has 1 saturated heterocycles. The first kappa shape index (κ1) is 11.9. The van der Waals surface area contributed by atoms with E-state index < -0.39 is 0 Å². The zero-order chi connectivity index (χ0) is 11.4. The molecule has 1 N–H and O–H groups in total. The molecule has 2 aliphatic rings. The summed E-state index contributed by atoms with van der Waals surface area (Å²) in [5.74, 6) is 0.563. The van der Waals surface area contributed by atoms with Crippen LogP contribution in [0.25, 0.3) is 0 Å². The van der Waals surface area contributed by atoms with E-state index in [9.17, 15) is 9.90 Å². The minimum absolute atomic E-state index is 0.107. The second-order valence-corrected chi connectivity index (χ2v) is 5.20. The van der Waals surface area contributed by atoms with Gasteiger partial charge in [0.05, 0.1) is 12.6 Å². The van der Waals surface area contributed by atoms with Crippen molar-refractivity contribution < 1.29 is 9.90 Å². The number of hydrogen-bond acceptors (Lipinski definition) is 2. The molecule has 2 rings (SSSR count). The molecule has 1 aliphatic carbocycles. The first-order valence-corrected chi connectivity index (χ1v) is 6.74. The van der Waals surface area contributed by atoms with E-state index >= 15 is 0 Å². The van der Waals surface area contributed by atoms with E-state index in [1.807, 2.05) is 4.90 Å². The van der Waals surface area contributed by atoms with Gasteiger partial charge in [0.25, 0.3) is 0 Å². The number of rotatable bonds is 2. The highest BCUT2D eigenvalue weighted by Crippen LogP contribution is 2.27. The number of carbonyl (C=O) groups excluding carboxylic acids is 1. The second kappa shape index (κ2) is 5.67. The van der Waals surface area contributed by atoms with Crippen molar-refractivity contribution in [3.8, 4) is 0 Å². The van der Waals surface area contributed by atoms with Crippen LogP contribution in [0.3, 0.4) is 0 Å². The Hall–Kier alpha value is -0.570. The standard InChI is InChI=1S/C13H23NO2/c15-10-12-8-5-9-14(12)13(16)11-6-3-1-2-4-7-11/h11-12,15H,1-10H2/t12-/m0/s1. The topological polar surface area (TPSA) is 40.5 Å². The number of nitrogens with zero attached hydrogens (tertiary/aromatic N) is 1. The summed E-state index contributed by atoms with van der Waals surface area (Å²) in [6.07, 6.45) is 9.14. The first-order chi connectivity index (χ1) is 7.83. The molecule has 1 amide bonds. The first-order valence-electron chi connectivity index (χ1n) is 6.74. The van der Waals surface area contributed by atoms with Gasteiger partial charge in [-0.1, -0.05) is 25.7 Å². The molecule has 0 aromatic carbocycles. The van der Waals surface area contributed by atoms with Crippen molar-refractivity contribution >= 4 is 5.91 Å². The third-order valence-corrected chi connectivity index (χ3v) is 4.08. The Morgan fingerprint density at radius 3 is 2.38 bits per heavy atom. The zero-order valence-electron chi connectivity index (χ0n) is 10.0. The third-order valence-electron chi connectivity index (χ3n) is 4.08. The Labute approximate surface area is 97.8 Å². The average Bonchev–Trinajstić information content (AvgIpc) is 2.61. The van der Waals surface area contributed by atoms with Crippen molar-refractivity contribution in [1.29, 1.82) is 0 Å². The Morgan fingerprint density at radius 2 is 1.75 bits per heavy atom. The van der Waals surface area contributed by atoms with Crippen LogP contribution in [-0.2, 0) is 4.79 Å². The van der Waals surface area contributed by atoms with Gasteiger partial charge in [0, 0.05) is 12.5 Å². The maximum atomic E-state index is 12.3. The predicted molar refractivity (Wildman–Crippen MR) is 63.0 cm³/mol. The van der Waals surface area contributed by atoms with Gasteiger partial charge in [-0.05, 0) is 25.7 Å². The summed E-state index contributed by atoms with van der Waals surface area (Å²) in [7, 11) is 0. The Kier molecular flexibility index (Phi) is 4.22. The fourth-order valence-electron chi connectivity index (χ4n) is 3.08. The summed E-state index contributed by atoms with van der Waals surface area (Å²) in [5.41, 5.74) is 0. The van der Waals surface area contributed by atoms with Gasteiger partial charge in [0.1, 0.15) is 0 Å². The Balaban J connectivity index is 1.94. The Bertz CT molecular complexity index is 234. The highest BCUT2D eigenvalue weighted by Gasteiger charge is 2.32. The summed E-state index contributed by atoms with van der Waals surface area (Å²) in [6, 6.07) is 0.107. The van der Waals surface area contributed by atoms with Gasteiger partial charge in [-0.15, -0.1) is 0 Å². The molecule has 16 heavy (non-hydrogen) atoms. The maximum absolute atomic E-state index is 12.3. The molecule has 1 aliphatic heterocycles. The molecule has 0 bridgehead atoms. The van der Waals surface area contributed by atoms with E-state index in [4.69, 9.17) is 0 Å². The molecular formula is C13H23NO2. The van der Waals surface area contributed by atoms with Crippen molar-refractivity contribution in [1.82, 2.24) is 4.90 Å². The number of aliphatic hydroxyl groups is 1. The summed E-state index contributed by atoms with van der Waals surface area (Å²) in [6.45, 7) is 0.999. The molecule has 0 aromatic heterocycles. The molecule has 3 heteroatoms. The van der Waals surface area contributed by atoms with Crippen LogP contribution < -0.4 is 0 Å². The molecule has 0 aromatic rings. The van der Waals surface area contributed by atoms with Gasteiger partial charge in [-0.2, -0.15) is 0 Å². The summed E-state index contributed by atoms with van der Waals surface area (Å²) >= 11 is 0. The molecule has 0 spiro atoms. The van der Waals surface area contributed by atoms with Crippen LogP contribution in [0.2, 0.25) is 0 Å². The van der Waals surface area contributed by atoms with Crippen molar-refractivity contribution in [2.24, 2.45) is 5.92 Å². The van der Waals surface area contributed by atoms with Crippen LogP contribution in [-0.4, -0.2) is 35.1 Å². The quantitative estimate of drug-likeness (QED) is 0.730.